The summed E-state index contributed by atoms with van der Waals surface area (Å²) in [4.78, 5) is 12.2. The van der Waals surface area contributed by atoms with Gasteiger partial charge in [-0.05, 0) is 37.0 Å². The van der Waals surface area contributed by atoms with Gasteiger partial charge in [0.25, 0.3) is 5.91 Å². The lowest BCUT2D eigenvalue weighted by atomic mass is 10.0. The summed E-state index contributed by atoms with van der Waals surface area (Å²) in [6.07, 6.45) is 4.27. The normalized spacial score (nSPS) is 22.7. The van der Waals surface area contributed by atoms with Crippen molar-refractivity contribution in [2.45, 2.75) is 30.2 Å². The van der Waals surface area contributed by atoms with E-state index in [-0.39, 0.29) is 16.8 Å². The van der Waals surface area contributed by atoms with Crippen molar-refractivity contribution in [3.05, 3.63) is 29.8 Å². The topological polar surface area (TPSA) is 89.3 Å². The average molecular weight is 296 g/mol. The van der Waals surface area contributed by atoms with Crippen LogP contribution in [0.1, 0.15) is 29.6 Å². The molecule has 110 valence electrons. The van der Waals surface area contributed by atoms with Gasteiger partial charge < -0.3 is 11.1 Å². The summed E-state index contributed by atoms with van der Waals surface area (Å²) in [7, 11) is -3.30. The largest absolute Gasteiger partial charge is 0.352 e. The number of carbonyl (C=O) groups excluding carboxylic acids is 1. The number of benzene rings is 1. The molecule has 2 rings (SSSR count). The Kier molecular flexibility index (Phi) is 4.45. The second kappa shape index (κ2) is 5.93. The second-order valence-corrected chi connectivity index (χ2v) is 7.38. The van der Waals surface area contributed by atoms with Gasteiger partial charge in [-0.1, -0.05) is 12.5 Å². The molecule has 0 radical (unpaired) electrons. The Labute approximate surface area is 119 Å². The predicted molar refractivity (Wildman–Crippen MR) is 77.2 cm³/mol. The summed E-state index contributed by atoms with van der Waals surface area (Å²) in [5.74, 6) is 0.0617. The number of nitrogens with one attached hydrogen (secondary N) is 1. The molecule has 2 unspecified atom stereocenters. The number of carbonyl (C=O) groups is 1. The van der Waals surface area contributed by atoms with Gasteiger partial charge in [0.05, 0.1) is 4.90 Å². The molecule has 3 N–H and O–H groups in total. The first kappa shape index (κ1) is 15.0. The van der Waals surface area contributed by atoms with Crippen molar-refractivity contribution in [1.82, 2.24) is 5.32 Å². The lowest BCUT2D eigenvalue weighted by Crippen LogP contribution is -2.36. The quantitative estimate of drug-likeness (QED) is 0.865. The Balaban J connectivity index is 2.02. The van der Waals surface area contributed by atoms with Crippen LogP contribution in [0.3, 0.4) is 0 Å². The number of rotatable bonds is 4. The summed E-state index contributed by atoms with van der Waals surface area (Å²) in [6, 6.07) is 6.22. The zero-order valence-electron chi connectivity index (χ0n) is 11.5. The minimum Gasteiger partial charge on any atom is -0.352 e. The van der Waals surface area contributed by atoms with E-state index in [0.717, 1.165) is 25.5 Å². The van der Waals surface area contributed by atoms with Gasteiger partial charge in [-0.3, -0.25) is 4.79 Å². The summed E-state index contributed by atoms with van der Waals surface area (Å²) < 4.78 is 22.9. The van der Waals surface area contributed by atoms with Crippen molar-refractivity contribution in [3.8, 4) is 0 Å². The van der Waals surface area contributed by atoms with Gasteiger partial charge in [0.1, 0.15) is 0 Å². The number of sulfone groups is 1. The van der Waals surface area contributed by atoms with E-state index in [9.17, 15) is 13.2 Å². The molecule has 0 saturated heterocycles. The highest BCUT2D eigenvalue weighted by Gasteiger charge is 2.24. The fraction of sp³-hybridized carbons (Fsp3) is 0.500. The number of nitrogens with two attached hydrogens (primary N) is 1. The standard InChI is InChI=1S/C14H20N2O3S/c1-20(18,19)12-6-2-4-10(8-12)14(17)16-9-11-5-3-7-13(11)15/h2,4,6,8,11,13H,3,5,7,9,15H2,1H3,(H,16,17). The van der Waals surface area contributed by atoms with Crippen LogP contribution in [0.4, 0.5) is 0 Å². The summed E-state index contributed by atoms with van der Waals surface area (Å²) >= 11 is 0. The van der Waals surface area contributed by atoms with E-state index in [4.69, 9.17) is 5.73 Å². The molecule has 2 atom stereocenters. The minimum absolute atomic E-state index is 0.151. The molecule has 1 aromatic rings. The van der Waals surface area contributed by atoms with Crippen molar-refractivity contribution < 1.29 is 13.2 Å². The van der Waals surface area contributed by atoms with E-state index < -0.39 is 9.84 Å². The van der Waals surface area contributed by atoms with Gasteiger partial charge in [0.15, 0.2) is 9.84 Å². The Morgan fingerprint density at radius 1 is 1.40 bits per heavy atom. The van der Waals surface area contributed by atoms with Crippen LogP contribution >= 0.6 is 0 Å². The van der Waals surface area contributed by atoms with Crippen LogP contribution in [0, 0.1) is 5.92 Å². The first-order chi connectivity index (χ1) is 9.38. The van der Waals surface area contributed by atoms with Gasteiger partial charge in [0, 0.05) is 24.4 Å². The molecule has 20 heavy (non-hydrogen) atoms. The average Bonchev–Trinajstić information content (AvgIpc) is 2.81. The van der Waals surface area contributed by atoms with E-state index in [1.807, 2.05) is 0 Å². The predicted octanol–water partition coefficient (Wildman–Crippen LogP) is 0.947. The maximum absolute atomic E-state index is 12.0. The van der Waals surface area contributed by atoms with Gasteiger partial charge in [-0.15, -0.1) is 0 Å². The zero-order chi connectivity index (χ0) is 14.8. The highest BCUT2D eigenvalue weighted by atomic mass is 32.2. The molecule has 0 bridgehead atoms. The van der Waals surface area contributed by atoms with E-state index >= 15 is 0 Å². The highest BCUT2D eigenvalue weighted by Crippen LogP contribution is 2.23. The van der Waals surface area contributed by atoms with Crippen molar-refractivity contribution >= 4 is 15.7 Å². The molecule has 0 heterocycles. The first-order valence-corrected chi connectivity index (χ1v) is 8.61. The summed E-state index contributed by atoms with van der Waals surface area (Å²) in [5.41, 5.74) is 6.32. The Bertz CT molecular complexity index is 598. The fourth-order valence-corrected chi connectivity index (χ4v) is 3.18. The third kappa shape index (κ3) is 3.58. The van der Waals surface area contributed by atoms with Crippen LogP contribution in [0.5, 0.6) is 0 Å². The maximum Gasteiger partial charge on any atom is 0.251 e. The molecule has 0 aromatic heterocycles. The smallest absolute Gasteiger partial charge is 0.251 e. The molecule has 1 saturated carbocycles. The minimum atomic E-state index is -3.30. The van der Waals surface area contributed by atoms with Gasteiger partial charge in [-0.25, -0.2) is 8.42 Å². The number of hydrogen-bond acceptors (Lipinski definition) is 4. The molecular weight excluding hydrogens is 276 g/mol. The molecule has 6 heteroatoms. The van der Waals surface area contributed by atoms with Crippen LogP contribution in [0.25, 0.3) is 0 Å². The first-order valence-electron chi connectivity index (χ1n) is 6.72. The van der Waals surface area contributed by atoms with Gasteiger partial charge >= 0.3 is 0 Å². The molecule has 1 fully saturated rings. The zero-order valence-corrected chi connectivity index (χ0v) is 12.3. The van der Waals surface area contributed by atoms with Crippen LogP contribution in [0.15, 0.2) is 29.2 Å². The van der Waals surface area contributed by atoms with E-state index in [1.54, 1.807) is 12.1 Å². The molecular formula is C14H20N2O3S. The van der Waals surface area contributed by atoms with Crippen LogP contribution in [0.2, 0.25) is 0 Å². The molecule has 1 aromatic carbocycles. The number of hydrogen-bond donors (Lipinski definition) is 2. The summed E-state index contributed by atoms with van der Waals surface area (Å²) in [5, 5.41) is 2.84. The van der Waals surface area contributed by atoms with Crippen molar-refractivity contribution in [2.75, 3.05) is 12.8 Å². The number of amides is 1. The fourth-order valence-electron chi connectivity index (χ4n) is 2.51. The lowest BCUT2D eigenvalue weighted by Gasteiger charge is -2.16. The lowest BCUT2D eigenvalue weighted by molar-refractivity contribution is 0.0946. The molecule has 0 spiro atoms. The van der Waals surface area contributed by atoms with Gasteiger partial charge in [0.2, 0.25) is 0 Å². The van der Waals surface area contributed by atoms with Crippen LogP contribution < -0.4 is 11.1 Å². The van der Waals surface area contributed by atoms with E-state index in [0.29, 0.717) is 18.0 Å². The second-order valence-electron chi connectivity index (χ2n) is 5.36. The monoisotopic (exact) mass is 296 g/mol. The van der Waals surface area contributed by atoms with Gasteiger partial charge in [-0.2, -0.15) is 0 Å². The molecule has 5 nitrogen and oxygen atoms in total. The van der Waals surface area contributed by atoms with Crippen molar-refractivity contribution in [3.63, 3.8) is 0 Å². The maximum atomic E-state index is 12.0. The third-order valence-corrected chi connectivity index (χ3v) is 4.88. The third-order valence-electron chi connectivity index (χ3n) is 3.77. The van der Waals surface area contributed by atoms with Crippen molar-refractivity contribution in [1.29, 1.82) is 0 Å². The molecule has 0 aliphatic heterocycles. The molecule has 1 aliphatic rings. The van der Waals surface area contributed by atoms with Crippen LogP contribution in [-0.4, -0.2) is 33.2 Å². The Morgan fingerprint density at radius 3 is 2.75 bits per heavy atom. The van der Waals surface area contributed by atoms with E-state index in [1.165, 1.54) is 12.1 Å². The molecule has 1 amide bonds. The SMILES string of the molecule is CS(=O)(=O)c1cccc(C(=O)NCC2CCCC2N)c1. The van der Waals surface area contributed by atoms with Crippen LogP contribution in [-0.2, 0) is 9.84 Å². The Hall–Kier alpha value is -1.40. The summed E-state index contributed by atoms with van der Waals surface area (Å²) in [6.45, 7) is 0.545. The Morgan fingerprint density at radius 2 is 2.15 bits per heavy atom. The highest BCUT2D eigenvalue weighted by molar-refractivity contribution is 7.90. The van der Waals surface area contributed by atoms with E-state index in [2.05, 4.69) is 5.32 Å². The van der Waals surface area contributed by atoms with Crippen molar-refractivity contribution in [2.24, 2.45) is 11.7 Å². The molecule has 1 aliphatic carbocycles.